The summed E-state index contributed by atoms with van der Waals surface area (Å²) in [6.07, 6.45) is 1.29. The monoisotopic (exact) mass is 228 g/mol. The van der Waals surface area contributed by atoms with Crippen LogP contribution in [-0.4, -0.2) is 26.2 Å². The average molecular weight is 228 g/mol. The topological polar surface area (TPSA) is 93.3 Å². The Morgan fingerprint density at radius 1 is 1.67 bits per heavy atom. The van der Waals surface area contributed by atoms with Crippen LogP contribution < -0.4 is 0 Å². The number of nitro groups is 1. The minimum atomic E-state index is -0.932. The molecule has 0 aromatic carbocycles. The van der Waals surface area contributed by atoms with Crippen molar-refractivity contribution in [1.29, 1.82) is 0 Å². The summed E-state index contributed by atoms with van der Waals surface area (Å²) in [5.74, 6) is -1.18. The number of aromatic nitrogens is 1. The second-order valence-electron chi connectivity index (χ2n) is 2.71. The number of carboxylic acid groups (broad SMARTS) is 1. The fourth-order valence-corrected chi connectivity index (χ4v) is 1.57. The van der Waals surface area contributed by atoms with E-state index in [4.69, 9.17) is 5.11 Å². The van der Waals surface area contributed by atoms with E-state index in [0.717, 1.165) is 11.8 Å². The lowest BCUT2D eigenvalue weighted by Crippen LogP contribution is -2.11. The quantitative estimate of drug-likeness (QED) is 0.477. The second kappa shape index (κ2) is 4.74. The molecule has 1 aromatic rings. The molecular formula is C8H8N2O4S. The Balaban J connectivity index is 2.72. The zero-order valence-corrected chi connectivity index (χ0v) is 8.60. The van der Waals surface area contributed by atoms with Crippen LogP contribution in [0, 0.1) is 10.1 Å². The van der Waals surface area contributed by atoms with Crippen LogP contribution in [0.5, 0.6) is 0 Å². The van der Waals surface area contributed by atoms with Gasteiger partial charge < -0.3 is 15.2 Å². The van der Waals surface area contributed by atoms with Gasteiger partial charge in [-0.3, -0.25) is 4.79 Å². The minimum Gasteiger partial charge on any atom is -0.480 e. The highest BCUT2D eigenvalue weighted by atomic mass is 32.2. The third-order valence-corrected chi connectivity index (χ3v) is 2.64. The maximum Gasteiger partial charge on any atom is 0.363 e. The smallest absolute Gasteiger partial charge is 0.363 e. The minimum absolute atomic E-state index is 0.248. The molecule has 1 heterocycles. The third kappa shape index (κ3) is 3.21. The van der Waals surface area contributed by atoms with Crippen molar-refractivity contribution in [2.75, 3.05) is 0 Å². The average Bonchev–Trinajstić information content (AvgIpc) is 2.18. The van der Waals surface area contributed by atoms with Gasteiger partial charge in [-0.1, -0.05) is 0 Å². The summed E-state index contributed by atoms with van der Waals surface area (Å²) < 4.78 is 0. The number of carbonyl (C=O) groups is 1. The molecule has 1 aromatic heterocycles. The molecule has 1 N–H and O–H groups in total. The third-order valence-electron chi connectivity index (χ3n) is 1.57. The van der Waals surface area contributed by atoms with E-state index in [-0.39, 0.29) is 5.82 Å². The standard InChI is InChI=1S/C8H8N2O4S/c1-5(8(11)12)15-6-2-3-7(9-4-6)10(13)14/h2-5H,1H3,(H,11,12). The van der Waals surface area contributed by atoms with Gasteiger partial charge in [-0.05, 0) is 22.9 Å². The summed E-state index contributed by atoms with van der Waals surface area (Å²) in [5, 5.41) is 18.3. The molecule has 80 valence electrons. The Kier molecular flexibility index (Phi) is 3.62. The number of rotatable bonds is 4. The van der Waals surface area contributed by atoms with E-state index in [1.807, 2.05) is 0 Å². The van der Waals surface area contributed by atoms with Gasteiger partial charge in [0.2, 0.25) is 0 Å². The van der Waals surface area contributed by atoms with Crippen LogP contribution in [0.3, 0.4) is 0 Å². The number of nitrogens with zero attached hydrogens (tertiary/aromatic N) is 2. The summed E-state index contributed by atoms with van der Waals surface area (Å²) in [5.41, 5.74) is 0. The number of aliphatic carboxylic acids is 1. The highest BCUT2D eigenvalue weighted by Crippen LogP contribution is 2.23. The SMILES string of the molecule is CC(Sc1ccc([N+](=O)[O-])nc1)C(=O)O. The van der Waals surface area contributed by atoms with Crippen LogP contribution in [-0.2, 0) is 4.79 Å². The van der Waals surface area contributed by atoms with Crippen molar-refractivity contribution in [3.05, 3.63) is 28.4 Å². The van der Waals surface area contributed by atoms with Gasteiger partial charge in [0.15, 0.2) is 6.20 Å². The van der Waals surface area contributed by atoms with Crippen molar-refractivity contribution in [2.45, 2.75) is 17.1 Å². The molecule has 0 aliphatic carbocycles. The van der Waals surface area contributed by atoms with E-state index in [2.05, 4.69) is 4.98 Å². The predicted molar refractivity (Wildman–Crippen MR) is 53.8 cm³/mol. The number of hydrogen-bond donors (Lipinski definition) is 1. The fourth-order valence-electron chi connectivity index (χ4n) is 0.805. The fraction of sp³-hybridized carbons (Fsp3) is 0.250. The largest absolute Gasteiger partial charge is 0.480 e. The highest BCUT2D eigenvalue weighted by molar-refractivity contribution is 8.00. The maximum atomic E-state index is 10.5. The van der Waals surface area contributed by atoms with Crippen molar-refractivity contribution < 1.29 is 14.8 Å². The molecular weight excluding hydrogens is 220 g/mol. The molecule has 1 rings (SSSR count). The molecule has 1 atom stereocenters. The van der Waals surface area contributed by atoms with E-state index < -0.39 is 16.1 Å². The number of hydrogen-bond acceptors (Lipinski definition) is 5. The Morgan fingerprint density at radius 3 is 2.73 bits per heavy atom. The van der Waals surface area contributed by atoms with Crippen molar-refractivity contribution >= 4 is 23.5 Å². The number of carboxylic acids is 1. The molecule has 7 heteroatoms. The van der Waals surface area contributed by atoms with Gasteiger partial charge in [0, 0.05) is 6.07 Å². The predicted octanol–water partition coefficient (Wildman–Crippen LogP) is 1.55. The lowest BCUT2D eigenvalue weighted by molar-refractivity contribution is -0.389. The number of pyridine rings is 1. The van der Waals surface area contributed by atoms with Gasteiger partial charge in [0.1, 0.15) is 5.25 Å². The van der Waals surface area contributed by atoms with Gasteiger partial charge in [-0.15, -0.1) is 11.8 Å². The second-order valence-corrected chi connectivity index (χ2v) is 4.12. The molecule has 0 fully saturated rings. The van der Waals surface area contributed by atoms with Crippen LogP contribution in [0.1, 0.15) is 6.92 Å². The molecule has 1 unspecified atom stereocenters. The summed E-state index contributed by atoms with van der Waals surface area (Å²) in [7, 11) is 0. The summed E-state index contributed by atoms with van der Waals surface area (Å²) in [6.45, 7) is 1.54. The summed E-state index contributed by atoms with van der Waals surface area (Å²) in [6, 6.07) is 2.73. The zero-order valence-electron chi connectivity index (χ0n) is 7.78. The van der Waals surface area contributed by atoms with E-state index in [0.29, 0.717) is 4.90 Å². The first-order valence-corrected chi connectivity index (χ1v) is 4.88. The van der Waals surface area contributed by atoms with Gasteiger partial charge >= 0.3 is 11.8 Å². The van der Waals surface area contributed by atoms with Crippen LogP contribution in [0.15, 0.2) is 23.2 Å². The Labute approximate surface area is 89.5 Å². The Hall–Kier alpha value is -1.63. The zero-order chi connectivity index (χ0) is 11.4. The van der Waals surface area contributed by atoms with Crippen LogP contribution in [0.2, 0.25) is 0 Å². The van der Waals surface area contributed by atoms with Crippen molar-refractivity contribution in [2.24, 2.45) is 0 Å². The summed E-state index contributed by atoms with van der Waals surface area (Å²) >= 11 is 1.09. The van der Waals surface area contributed by atoms with Gasteiger partial charge in [-0.25, -0.2) is 0 Å². The van der Waals surface area contributed by atoms with Gasteiger partial charge in [0.25, 0.3) is 0 Å². The normalized spacial score (nSPS) is 12.1. The molecule has 0 saturated heterocycles. The van der Waals surface area contributed by atoms with Crippen LogP contribution >= 0.6 is 11.8 Å². The van der Waals surface area contributed by atoms with E-state index in [9.17, 15) is 14.9 Å². The van der Waals surface area contributed by atoms with Crippen molar-refractivity contribution in [1.82, 2.24) is 4.98 Å². The lowest BCUT2D eigenvalue weighted by Gasteiger charge is -2.03. The Bertz CT molecular complexity index is 379. The molecule has 0 saturated carbocycles. The number of thioether (sulfide) groups is 1. The van der Waals surface area contributed by atoms with Crippen molar-refractivity contribution in [3.8, 4) is 0 Å². The van der Waals surface area contributed by atoms with E-state index in [1.165, 1.54) is 25.3 Å². The first kappa shape index (κ1) is 11.4. The first-order valence-electron chi connectivity index (χ1n) is 4.00. The molecule has 0 spiro atoms. The van der Waals surface area contributed by atoms with Crippen LogP contribution in [0.25, 0.3) is 0 Å². The van der Waals surface area contributed by atoms with Crippen LogP contribution in [0.4, 0.5) is 5.82 Å². The highest BCUT2D eigenvalue weighted by Gasteiger charge is 2.14. The molecule has 0 radical (unpaired) electrons. The molecule has 0 bridgehead atoms. The molecule has 0 aliphatic heterocycles. The van der Waals surface area contributed by atoms with Gasteiger partial charge in [-0.2, -0.15) is 0 Å². The maximum absolute atomic E-state index is 10.5. The van der Waals surface area contributed by atoms with E-state index in [1.54, 1.807) is 0 Å². The van der Waals surface area contributed by atoms with Crippen molar-refractivity contribution in [3.63, 3.8) is 0 Å². The first-order chi connectivity index (χ1) is 7.00. The molecule has 0 aliphatic rings. The Morgan fingerprint density at radius 2 is 2.33 bits per heavy atom. The van der Waals surface area contributed by atoms with E-state index >= 15 is 0 Å². The molecule has 15 heavy (non-hydrogen) atoms. The summed E-state index contributed by atoms with van der Waals surface area (Å²) in [4.78, 5) is 24.4. The van der Waals surface area contributed by atoms with Gasteiger partial charge in [0.05, 0.1) is 4.90 Å². The molecule has 6 nitrogen and oxygen atoms in total. The molecule has 0 amide bonds. The lowest BCUT2D eigenvalue weighted by atomic mass is 10.5.